The molecule has 0 unspecified atom stereocenters. The van der Waals surface area contributed by atoms with Crippen molar-refractivity contribution in [3.8, 4) is 10.7 Å². The van der Waals surface area contributed by atoms with E-state index in [9.17, 15) is 9.59 Å². The molecule has 0 bridgehead atoms. The normalized spacial score (nSPS) is 16.2. The van der Waals surface area contributed by atoms with Crippen LogP contribution in [0.3, 0.4) is 0 Å². The molecule has 2 amide bonds. The summed E-state index contributed by atoms with van der Waals surface area (Å²) in [6, 6.07) is 5.30. The van der Waals surface area contributed by atoms with Crippen LogP contribution in [0.2, 0.25) is 10.0 Å². The molecule has 1 aliphatic rings. The van der Waals surface area contributed by atoms with Crippen LogP contribution in [0, 0.1) is 0 Å². The molecule has 4 rings (SSSR count). The third-order valence-corrected chi connectivity index (χ3v) is 6.87. The highest BCUT2D eigenvalue weighted by Crippen LogP contribution is 2.39. The van der Waals surface area contributed by atoms with Crippen LogP contribution in [0.15, 0.2) is 27.6 Å². The second kappa shape index (κ2) is 6.44. The summed E-state index contributed by atoms with van der Waals surface area (Å²) in [7, 11) is 0. The number of aromatic nitrogens is 2. The Morgan fingerprint density at radius 1 is 1.16 bits per heavy atom. The molecule has 3 heterocycles. The lowest BCUT2D eigenvalue weighted by Crippen LogP contribution is -2.17. The van der Waals surface area contributed by atoms with Gasteiger partial charge in [0.1, 0.15) is 5.82 Å². The van der Waals surface area contributed by atoms with Gasteiger partial charge in [-0.15, -0.1) is 11.3 Å². The minimum atomic E-state index is -0.380. The van der Waals surface area contributed by atoms with E-state index in [2.05, 4.69) is 31.2 Å². The molecule has 1 fully saturated rings. The fourth-order valence-corrected chi connectivity index (χ4v) is 5.12. The van der Waals surface area contributed by atoms with Crippen LogP contribution in [-0.2, 0) is 4.79 Å². The van der Waals surface area contributed by atoms with Gasteiger partial charge in [-0.3, -0.25) is 14.9 Å². The third-order valence-electron chi connectivity index (χ3n) is 3.36. The number of amides is 2. The standard InChI is InChI=1S/C15H6BrCl2N3O2S2/c16-6-1-5(2-11-14(22)21-15(23)25-11)24-12(6)13-19-9-3-7(17)8(18)4-10(9)20-13/h1-4H,(H,19,20)(H,21,22,23). The number of aromatic amines is 1. The number of carbonyl (C=O) groups excluding carboxylic acids is 2. The van der Waals surface area contributed by atoms with Crippen molar-refractivity contribution in [3.63, 3.8) is 0 Å². The molecule has 0 aliphatic carbocycles. The van der Waals surface area contributed by atoms with Gasteiger partial charge in [0.25, 0.3) is 11.1 Å². The number of fused-ring (bicyclic) bond motifs is 1. The lowest BCUT2D eigenvalue weighted by molar-refractivity contribution is -0.115. The molecule has 3 aromatic rings. The Bertz CT molecular complexity index is 1050. The number of rotatable bonds is 2. The van der Waals surface area contributed by atoms with Crippen molar-refractivity contribution in [1.29, 1.82) is 0 Å². The Labute approximate surface area is 167 Å². The van der Waals surface area contributed by atoms with Gasteiger partial charge in [0.2, 0.25) is 0 Å². The van der Waals surface area contributed by atoms with Crippen LogP contribution in [0.4, 0.5) is 4.79 Å². The zero-order chi connectivity index (χ0) is 17.7. The largest absolute Gasteiger partial charge is 0.337 e. The number of nitrogens with zero attached hydrogens (tertiary/aromatic N) is 1. The molecule has 25 heavy (non-hydrogen) atoms. The number of halogens is 3. The smallest absolute Gasteiger partial charge is 0.290 e. The predicted octanol–water partition coefficient (Wildman–Crippen LogP) is 5.68. The second-order valence-corrected chi connectivity index (χ2v) is 8.81. The molecular formula is C15H6BrCl2N3O2S2. The molecule has 0 atom stereocenters. The van der Waals surface area contributed by atoms with Gasteiger partial charge in [0, 0.05) is 9.35 Å². The Kier molecular flexibility index (Phi) is 4.41. The molecule has 2 aromatic heterocycles. The maximum absolute atomic E-state index is 11.7. The van der Waals surface area contributed by atoms with E-state index in [0.717, 1.165) is 31.5 Å². The molecule has 5 nitrogen and oxygen atoms in total. The van der Waals surface area contributed by atoms with Gasteiger partial charge < -0.3 is 4.98 Å². The lowest BCUT2D eigenvalue weighted by Gasteiger charge is -1.93. The zero-order valence-electron chi connectivity index (χ0n) is 12.0. The van der Waals surface area contributed by atoms with Crippen molar-refractivity contribution in [2.24, 2.45) is 0 Å². The Hall–Kier alpha value is -1.32. The quantitative estimate of drug-likeness (QED) is 0.468. The minimum absolute atomic E-state index is 0.363. The molecular weight excluding hydrogens is 469 g/mol. The number of hydrogen-bond acceptors (Lipinski definition) is 5. The molecule has 0 radical (unpaired) electrons. The van der Waals surface area contributed by atoms with Crippen molar-refractivity contribution in [2.75, 3.05) is 0 Å². The van der Waals surface area contributed by atoms with Crippen molar-refractivity contribution in [2.45, 2.75) is 0 Å². The molecule has 0 saturated carbocycles. The summed E-state index contributed by atoms with van der Waals surface area (Å²) in [4.78, 5) is 32.7. The summed E-state index contributed by atoms with van der Waals surface area (Å²) in [6.45, 7) is 0. The number of imidazole rings is 1. The minimum Gasteiger partial charge on any atom is -0.337 e. The van der Waals surface area contributed by atoms with Crippen molar-refractivity contribution < 1.29 is 9.59 Å². The summed E-state index contributed by atoms with van der Waals surface area (Å²) in [5, 5.41) is 2.77. The molecule has 10 heteroatoms. The van der Waals surface area contributed by atoms with Crippen LogP contribution in [0.5, 0.6) is 0 Å². The number of nitrogens with one attached hydrogen (secondary N) is 2. The van der Waals surface area contributed by atoms with Gasteiger partial charge in [-0.25, -0.2) is 4.98 Å². The predicted molar refractivity (Wildman–Crippen MR) is 106 cm³/mol. The van der Waals surface area contributed by atoms with E-state index in [1.807, 2.05) is 6.07 Å². The molecule has 2 N–H and O–H groups in total. The summed E-state index contributed by atoms with van der Waals surface area (Å²) in [5.41, 5.74) is 1.49. The van der Waals surface area contributed by atoms with Crippen LogP contribution in [0.25, 0.3) is 27.8 Å². The van der Waals surface area contributed by atoms with Gasteiger partial charge >= 0.3 is 0 Å². The van der Waals surface area contributed by atoms with Gasteiger partial charge in [0.15, 0.2) is 0 Å². The Morgan fingerprint density at radius 3 is 2.64 bits per heavy atom. The fourth-order valence-electron chi connectivity index (χ4n) is 2.28. The summed E-state index contributed by atoms with van der Waals surface area (Å²) >= 11 is 17.9. The number of imide groups is 1. The number of carbonyl (C=O) groups is 2. The van der Waals surface area contributed by atoms with Crippen molar-refractivity contribution in [3.05, 3.63) is 42.5 Å². The van der Waals surface area contributed by atoms with Gasteiger partial charge in [0.05, 0.1) is 30.9 Å². The van der Waals surface area contributed by atoms with E-state index in [1.165, 1.54) is 11.3 Å². The number of H-pyrrole nitrogens is 1. The second-order valence-electron chi connectivity index (χ2n) is 5.05. The van der Waals surface area contributed by atoms with Crippen molar-refractivity contribution in [1.82, 2.24) is 15.3 Å². The maximum Gasteiger partial charge on any atom is 0.290 e. The van der Waals surface area contributed by atoms with E-state index < -0.39 is 0 Å². The maximum atomic E-state index is 11.7. The zero-order valence-corrected chi connectivity index (χ0v) is 16.8. The SMILES string of the molecule is O=C1NC(=O)C(=Cc2cc(Br)c(-c3nc4cc(Cl)c(Cl)cc4[nH]3)s2)S1. The van der Waals surface area contributed by atoms with Crippen molar-refractivity contribution >= 4 is 90.5 Å². The Morgan fingerprint density at radius 2 is 1.92 bits per heavy atom. The summed E-state index contributed by atoms with van der Waals surface area (Å²) in [6.07, 6.45) is 1.68. The topological polar surface area (TPSA) is 74.8 Å². The first kappa shape index (κ1) is 17.1. The highest BCUT2D eigenvalue weighted by atomic mass is 79.9. The highest BCUT2D eigenvalue weighted by molar-refractivity contribution is 9.10. The van der Waals surface area contributed by atoms with Gasteiger partial charge in [-0.1, -0.05) is 23.2 Å². The van der Waals surface area contributed by atoms with E-state index in [4.69, 9.17) is 23.2 Å². The monoisotopic (exact) mass is 473 g/mol. The number of thioether (sulfide) groups is 1. The molecule has 1 saturated heterocycles. The molecule has 1 aliphatic heterocycles. The van der Waals surface area contributed by atoms with Crippen LogP contribution in [-0.4, -0.2) is 21.1 Å². The number of hydrogen-bond donors (Lipinski definition) is 2. The molecule has 0 spiro atoms. The van der Waals surface area contributed by atoms with Crippen LogP contribution in [0.1, 0.15) is 4.88 Å². The number of benzene rings is 1. The lowest BCUT2D eigenvalue weighted by atomic mass is 10.3. The first-order valence-electron chi connectivity index (χ1n) is 6.80. The van der Waals surface area contributed by atoms with Crippen LogP contribution >= 0.6 is 62.2 Å². The average Bonchev–Trinajstić information content (AvgIpc) is 3.18. The molecule has 1 aromatic carbocycles. The van der Waals surface area contributed by atoms with E-state index in [1.54, 1.807) is 18.2 Å². The summed E-state index contributed by atoms with van der Waals surface area (Å²) in [5.74, 6) is 0.281. The van der Waals surface area contributed by atoms with Gasteiger partial charge in [-0.2, -0.15) is 0 Å². The first-order chi connectivity index (χ1) is 11.9. The third kappa shape index (κ3) is 3.24. The summed E-state index contributed by atoms with van der Waals surface area (Å²) < 4.78 is 0.829. The Balaban J connectivity index is 1.74. The number of thiophene rings is 1. The molecule has 126 valence electrons. The average molecular weight is 475 g/mol. The van der Waals surface area contributed by atoms with Gasteiger partial charge in [-0.05, 0) is 52.0 Å². The van der Waals surface area contributed by atoms with Crippen LogP contribution < -0.4 is 5.32 Å². The van der Waals surface area contributed by atoms with E-state index in [-0.39, 0.29) is 11.1 Å². The van der Waals surface area contributed by atoms with E-state index in [0.29, 0.717) is 26.3 Å². The van der Waals surface area contributed by atoms with E-state index >= 15 is 0 Å². The fraction of sp³-hybridized carbons (Fsp3) is 0. The first-order valence-corrected chi connectivity index (χ1v) is 9.98. The highest BCUT2D eigenvalue weighted by Gasteiger charge is 2.25.